The van der Waals surface area contributed by atoms with E-state index in [1.54, 1.807) is 0 Å². The second-order valence-electron chi connectivity index (χ2n) is 4.45. The van der Waals surface area contributed by atoms with Crippen molar-refractivity contribution in [1.29, 1.82) is 0 Å². The normalized spacial score (nSPS) is 10.2. The summed E-state index contributed by atoms with van der Waals surface area (Å²) in [5.74, 6) is 0.0527. The summed E-state index contributed by atoms with van der Waals surface area (Å²) in [7, 11) is 3.87. The van der Waals surface area contributed by atoms with Crippen LogP contribution in [0, 0.1) is 6.92 Å². The Morgan fingerprint density at radius 2 is 2.11 bits per heavy atom. The van der Waals surface area contributed by atoms with Crippen molar-refractivity contribution >= 4 is 11.6 Å². The Balaban J connectivity index is 2.71. The highest BCUT2D eigenvalue weighted by Crippen LogP contribution is 2.18. The van der Waals surface area contributed by atoms with E-state index in [1.807, 2.05) is 25.9 Å². The predicted octanol–water partition coefficient (Wildman–Crippen LogP) is 1.29. The van der Waals surface area contributed by atoms with Gasteiger partial charge in [-0.2, -0.15) is 0 Å². The van der Waals surface area contributed by atoms with E-state index in [-0.39, 0.29) is 5.91 Å². The fraction of sp³-hybridized carbons (Fsp3) is 0.500. The number of carbonyl (C=O) groups is 1. The Bertz CT molecular complexity index is 404. The SMILES string of the molecule is CCNC(=O)CN(C)c1ccc(CNC)c(C)c1. The zero-order valence-corrected chi connectivity index (χ0v) is 11.7. The first-order valence-corrected chi connectivity index (χ1v) is 6.30. The fourth-order valence-corrected chi connectivity index (χ4v) is 1.87. The first-order chi connectivity index (χ1) is 8.58. The number of rotatable bonds is 6. The predicted molar refractivity (Wildman–Crippen MR) is 75.9 cm³/mol. The number of hydrogen-bond donors (Lipinski definition) is 2. The van der Waals surface area contributed by atoms with Crippen molar-refractivity contribution in [3.63, 3.8) is 0 Å². The van der Waals surface area contributed by atoms with Gasteiger partial charge in [0.15, 0.2) is 0 Å². The van der Waals surface area contributed by atoms with Gasteiger partial charge in [0.2, 0.25) is 5.91 Å². The van der Waals surface area contributed by atoms with Crippen molar-refractivity contribution in [2.45, 2.75) is 20.4 Å². The van der Waals surface area contributed by atoms with Crippen molar-refractivity contribution in [1.82, 2.24) is 10.6 Å². The van der Waals surface area contributed by atoms with E-state index >= 15 is 0 Å². The number of likely N-dealkylation sites (N-methyl/N-ethyl adjacent to an activating group) is 2. The Morgan fingerprint density at radius 1 is 1.39 bits per heavy atom. The second-order valence-corrected chi connectivity index (χ2v) is 4.45. The van der Waals surface area contributed by atoms with Crippen LogP contribution in [0.25, 0.3) is 0 Å². The molecule has 0 atom stereocenters. The van der Waals surface area contributed by atoms with Crippen molar-refractivity contribution in [2.75, 3.05) is 32.1 Å². The maximum absolute atomic E-state index is 11.5. The highest BCUT2D eigenvalue weighted by molar-refractivity contribution is 5.81. The van der Waals surface area contributed by atoms with Gasteiger partial charge in [0.25, 0.3) is 0 Å². The smallest absolute Gasteiger partial charge is 0.239 e. The first-order valence-electron chi connectivity index (χ1n) is 6.30. The maximum Gasteiger partial charge on any atom is 0.239 e. The Morgan fingerprint density at radius 3 is 2.67 bits per heavy atom. The first kappa shape index (κ1) is 14.5. The molecule has 1 rings (SSSR count). The number of benzene rings is 1. The molecule has 0 aromatic heterocycles. The lowest BCUT2D eigenvalue weighted by atomic mass is 10.1. The third-order valence-electron chi connectivity index (χ3n) is 2.89. The van der Waals surface area contributed by atoms with Crippen LogP contribution in [0.5, 0.6) is 0 Å². The highest BCUT2D eigenvalue weighted by Gasteiger charge is 2.07. The summed E-state index contributed by atoms with van der Waals surface area (Å²) in [4.78, 5) is 13.5. The topological polar surface area (TPSA) is 44.4 Å². The quantitative estimate of drug-likeness (QED) is 0.798. The molecular weight excluding hydrogens is 226 g/mol. The summed E-state index contributed by atoms with van der Waals surface area (Å²) in [6, 6.07) is 6.28. The van der Waals surface area contributed by atoms with E-state index in [0.717, 1.165) is 12.2 Å². The van der Waals surface area contributed by atoms with Gasteiger partial charge in [-0.15, -0.1) is 0 Å². The van der Waals surface area contributed by atoms with Crippen LogP contribution in [0.1, 0.15) is 18.1 Å². The van der Waals surface area contributed by atoms with Gasteiger partial charge in [-0.1, -0.05) is 6.07 Å². The van der Waals surface area contributed by atoms with Crippen molar-refractivity contribution in [2.24, 2.45) is 0 Å². The number of hydrogen-bond acceptors (Lipinski definition) is 3. The van der Waals surface area contributed by atoms with Crippen LogP contribution < -0.4 is 15.5 Å². The van der Waals surface area contributed by atoms with Crippen molar-refractivity contribution in [3.8, 4) is 0 Å². The molecule has 1 aromatic rings. The molecular formula is C14H23N3O. The Labute approximate surface area is 109 Å². The van der Waals surface area contributed by atoms with Crippen LogP contribution in [0.2, 0.25) is 0 Å². The number of aryl methyl sites for hydroxylation is 1. The molecule has 100 valence electrons. The molecule has 1 amide bonds. The number of nitrogens with zero attached hydrogens (tertiary/aromatic N) is 1. The number of nitrogens with one attached hydrogen (secondary N) is 2. The molecule has 0 aliphatic rings. The molecule has 0 unspecified atom stereocenters. The van der Waals surface area contributed by atoms with E-state index in [4.69, 9.17) is 0 Å². The van der Waals surface area contributed by atoms with E-state index in [9.17, 15) is 4.79 Å². The van der Waals surface area contributed by atoms with Gasteiger partial charge in [-0.05, 0) is 44.2 Å². The largest absolute Gasteiger partial charge is 0.365 e. The summed E-state index contributed by atoms with van der Waals surface area (Å²) in [5.41, 5.74) is 3.59. The molecule has 2 N–H and O–H groups in total. The molecule has 4 nitrogen and oxygen atoms in total. The minimum absolute atomic E-state index is 0.0527. The maximum atomic E-state index is 11.5. The lowest BCUT2D eigenvalue weighted by Crippen LogP contribution is -2.35. The zero-order valence-electron chi connectivity index (χ0n) is 11.7. The summed E-state index contributed by atoms with van der Waals surface area (Å²) < 4.78 is 0. The van der Waals surface area contributed by atoms with Gasteiger partial charge in [0.1, 0.15) is 0 Å². The van der Waals surface area contributed by atoms with Crippen LogP contribution in [0.3, 0.4) is 0 Å². The third-order valence-corrected chi connectivity index (χ3v) is 2.89. The summed E-state index contributed by atoms with van der Waals surface area (Å²) >= 11 is 0. The summed E-state index contributed by atoms with van der Waals surface area (Å²) in [5, 5.41) is 5.95. The standard InChI is InChI=1S/C14H23N3O/c1-5-16-14(18)10-17(4)13-7-6-12(9-15-3)11(2)8-13/h6-8,15H,5,9-10H2,1-4H3,(H,16,18). The second kappa shape index (κ2) is 7.01. The molecule has 0 bridgehead atoms. The average Bonchev–Trinajstić information content (AvgIpc) is 2.32. The fourth-order valence-electron chi connectivity index (χ4n) is 1.87. The monoisotopic (exact) mass is 249 g/mol. The number of anilines is 1. The summed E-state index contributed by atoms with van der Waals surface area (Å²) in [6.45, 7) is 5.95. The van der Waals surface area contributed by atoms with E-state index in [0.29, 0.717) is 13.1 Å². The molecule has 0 aliphatic heterocycles. The molecule has 0 spiro atoms. The van der Waals surface area contributed by atoms with Gasteiger partial charge < -0.3 is 15.5 Å². The molecule has 0 heterocycles. The molecule has 1 aromatic carbocycles. The van der Waals surface area contributed by atoms with Crippen molar-refractivity contribution < 1.29 is 4.79 Å². The molecule has 0 saturated carbocycles. The van der Waals surface area contributed by atoms with Crippen molar-refractivity contribution in [3.05, 3.63) is 29.3 Å². The van der Waals surface area contributed by atoms with Gasteiger partial charge in [0.05, 0.1) is 6.54 Å². The Kier molecular flexibility index (Phi) is 5.65. The molecule has 0 aliphatic carbocycles. The minimum Gasteiger partial charge on any atom is -0.365 e. The lowest BCUT2D eigenvalue weighted by Gasteiger charge is -2.20. The van der Waals surface area contributed by atoms with E-state index < -0.39 is 0 Å². The van der Waals surface area contributed by atoms with Gasteiger partial charge in [0, 0.05) is 25.8 Å². The Hall–Kier alpha value is -1.55. The van der Waals surface area contributed by atoms with Crippen LogP contribution in [-0.4, -0.2) is 33.1 Å². The van der Waals surface area contributed by atoms with Gasteiger partial charge >= 0.3 is 0 Å². The van der Waals surface area contributed by atoms with E-state index in [1.165, 1.54) is 11.1 Å². The van der Waals surface area contributed by atoms with E-state index in [2.05, 4.69) is 35.8 Å². The third kappa shape index (κ3) is 4.04. The number of amides is 1. The minimum atomic E-state index is 0.0527. The molecule has 0 fully saturated rings. The highest BCUT2D eigenvalue weighted by atomic mass is 16.1. The average molecular weight is 249 g/mol. The molecule has 18 heavy (non-hydrogen) atoms. The van der Waals surface area contributed by atoms with Crippen LogP contribution in [-0.2, 0) is 11.3 Å². The summed E-state index contributed by atoms with van der Waals surface area (Å²) in [6.07, 6.45) is 0. The lowest BCUT2D eigenvalue weighted by molar-refractivity contribution is -0.119. The van der Waals surface area contributed by atoms with Crippen LogP contribution in [0.15, 0.2) is 18.2 Å². The number of carbonyl (C=O) groups excluding carboxylic acids is 1. The van der Waals surface area contributed by atoms with Crippen LogP contribution >= 0.6 is 0 Å². The van der Waals surface area contributed by atoms with Gasteiger partial charge in [-0.3, -0.25) is 4.79 Å². The molecule has 4 heteroatoms. The molecule has 0 radical (unpaired) electrons. The van der Waals surface area contributed by atoms with Gasteiger partial charge in [-0.25, -0.2) is 0 Å². The zero-order chi connectivity index (χ0) is 13.5. The molecule has 0 saturated heterocycles. The van der Waals surface area contributed by atoms with Crippen LogP contribution in [0.4, 0.5) is 5.69 Å².